The first-order chi connectivity index (χ1) is 6.02. The molecule has 0 aliphatic carbocycles. The Morgan fingerprint density at radius 3 is 2.54 bits per heavy atom. The summed E-state index contributed by atoms with van der Waals surface area (Å²) in [6.45, 7) is 4.14. The molecule has 0 aliphatic rings. The van der Waals surface area contributed by atoms with Crippen LogP contribution < -0.4 is 0 Å². The Balaban J connectivity index is 2.86. The van der Waals surface area contributed by atoms with Gasteiger partial charge in [0.25, 0.3) is 5.91 Å². The molecule has 1 rings (SSSR count). The van der Waals surface area contributed by atoms with Gasteiger partial charge in [-0.2, -0.15) is 0 Å². The standard InChI is InChI=1S/C9H14N2OS/c1-6(2)8-10-7(5-13-8)9(12)11(3)4/h5-6H,1-4H3. The fourth-order valence-corrected chi connectivity index (χ4v) is 1.69. The lowest BCUT2D eigenvalue weighted by molar-refractivity contribution is 0.0822. The molecule has 72 valence electrons. The van der Waals surface area contributed by atoms with Crippen LogP contribution in [0.3, 0.4) is 0 Å². The third-order valence-corrected chi connectivity index (χ3v) is 2.79. The van der Waals surface area contributed by atoms with E-state index in [-0.39, 0.29) is 5.91 Å². The van der Waals surface area contributed by atoms with Gasteiger partial charge in [0.05, 0.1) is 5.01 Å². The van der Waals surface area contributed by atoms with Crippen LogP contribution in [0.25, 0.3) is 0 Å². The van der Waals surface area contributed by atoms with Gasteiger partial charge in [-0.3, -0.25) is 4.79 Å². The lowest BCUT2D eigenvalue weighted by Gasteiger charge is -2.06. The number of carbonyl (C=O) groups is 1. The fourth-order valence-electron chi connectivity index (χ4n) is 0.880. The van der Waals surface area contributed by atoms with E-state index >= 15 is 0 Å². The molecule has 0 saturated carbocycles. The molecule has 0 bridgehead atoms. The SMILES string of the molecule is CC(C)c1nc(C(=O)N(C)C)cs1. The number of hydrogen-bond acceptors (Lipinski definition) is 3. The van der Waals surface area contributed by atoms with Gasteiger partial charge in [-0.15, -0.1) is 11.3 Å². The van der Waals surface area contributed by atoms with Gasteiger partial charge in [0.2, 0.25) is 0 Å². The monoisotopic (exact) mass is 198 g/mol. The van der Waals surface area contributed by atoms with Crippen molar-refractivity contribution < 1.29 is 4.79 Å². The third kappa shape index (κ3) is 2.28. The lowest BCUT2D eigenvalue weighted by Crippen LogP contribution is -2.21. The number of aromatic nitrogens is 1. The van der Waals surface area contributed by atoms with Crippen LogP contribution in [0, 0.1) is 0 Å². The van der Waals surface area contributed by atoms with Crippen LogP contribution in [-0.2, 0) is 0 Å². The summed E-state index contributed by atoms with van der Waals surface area (Å²) in [6.07, 6.45) is 0. The Bertz CT molecular complexity index is 304. The molecule has 13 heavy (non-hydrogen) atoms. The Labute approximate surface area is 82.4 Å². The molecular weight excluding hydrogens is 184 g/mol. The second kappa shape index (κ2) is 3.87. The van der Waals surface area contributed by atoms with Crippen molar-refractivity contribution in [2.45, 2.75) is 19.8 Å². The molecule has 1 aromatic heterocycles. The van der Waals surface area contributed by atoms with Crippen LogP contribution in [0.4, 0.5) is 0 Å². The van der Waals surface area contributed by atoms with Crippen molar-refractivity contribution in [1.82, 2.24) is 9.88 Å². The van der Waals surface area contributed by atoms with E-state index in [1.807, 2.05) is 5.38 Å². The van der Waals surface area contributed by atoms with Gasteiger partial charge in [-0.05, 0) is 0 Å². The average Bonchev–Trinajstić information content (AvgIpc) is 2.50. The molecule has 0 atom stereocenters. The van der Waals surface area contributed by atoms with E-state index in [1.165, 1.54) is 0 Å². The van der Waals surface area contributed by atoms with Crippen LogP contribution in [0.15, 0.2) is 5.38 Å². The maximum Gasteiger partial charge on any atom is 0.272 e. The molecule has 0 unspecified atom stereocenters. The van der Waals surface area contributed by atoms with Crippen molar-refractivity contribution in [2.24, 2.45) is 0 Å². The molecule has 1 amide bonds. The summed E-state index contributed by atoms with van der Waals surface area (Å²) in [5.41, 5.74) is 0.554. The quantitative estimate of drug-likeness (QED) is 0.728. The largest absolute Gasteiger partial charge is 0.343 e. The lowest BCUT2D eigenvalue weighted by atomic mass is 10.2. The minimum absolute atomic E-state index is 0.0249. The Hall–Kier alpha value is -0.900. The van der Waals surface area contributed by atoms with Crippen molar-refractivity contribution >= 4 is 17.2 Å². The zero-order valence-corrected chi connectivity index (χ0v) is 9.18. The second-order valence-electron chi connectivity index (χ2n) is 3.43. The summed E-state index contributed by atoms with van der Waals surface area (Å²) in [6, 6.07) is 0. The molecule has 0 aromatic carbocycles. The highest BCUT2D eigenvalue weighted by Crippen LogP contribution is 2.19. The zero-order valence-electron chi connectivity index (χ0n) is 8.37. The van der Waals surface area contributed by atoms with Gasteiger partial charge in [0, 0.05) is 25.4 Å². The summed E-state index contributed by atoms with van der Waals surface area (Å²) >= 11 is 1.54. The van der Waals surface area contributed by atoms with Gasteiger partial charge in [-0.25, -0.2) is 4.98 Å². The number of nitrogens with zero attached hydrogens (tertiary/aromatic N) is 2. The fraction of sp³-hybridized carbons (Fsp3) is 0.556. The molecule has 4 heteroatoms. The Kier molecular flexibility index (Phi) is 3.03. The molecule has 0 radical (unpaired) electrons. The summed E-state index contributed by atoms with van der Waals surface area (Å²) in [5.74, 6) is 0.372. The second-order valence-corrected chi connectivity index (χ2v) is 4.31. The van der Waals surface area contributed by atoms with Crippen LogP contribution in [0.5, 0.6) is 0 Å². The van der Waals surface area contributed by atoms with Crippen LogP contribution >= 0.6 is 11.3 Å². The third-order valence-electron chi connectivity index (χ3n) is 1.64. The van der Waals surface area contributed by atoms with E-state index in [9.17, 15) is 4.79 Å². The van der Waals surface area contributed by atoms with E-state index in [1.54, 1.807) is 30.3 Å². The van der Waals surface area contributed by atoms with E-state index in [2.05, 4.69) is 18.8 Å². The summed E-state index contributed by atoms with van der Waals surface area (Å²) in [5, 5.41) is 2.84. The molecule has 0 spiro atoms. The normalized spacial score (nSPS) is 10.5. The molecule has 3 nitrogen and oxygen atoms in total. The van der Waals surface area contributed by atoms with Crippen molar-refractivity contribution in [2.75, 3.05) is 14.1 Å². The van der Waals surface area contributed by atoms with Gasteiger partial charge in [-0.1, -0.05) is 13.8 Å². The highest BCUT2D eigenvalue weighted by atomic mass is 32.1. The van der Waals surface area contributed by atoms with Gasteiger partial charge >= 0.3 is 0 Å². The average molecular weight is 198 g/mol. The summed E-state index contributed by atoms with van der Waals surface area (Å²) in [4.78, 5) is 17.2. The van der Waals surface area contributed by atoms with Gasteiger partial charge in [0.1, 0.15) is 5.69 Å². The van der Waals surface area contributed by atoms with Crippen molar-refractivity contribution in [3.8, 4) is 0 Å². The number of rotatable bonds is 2. The Morgan fingerprint density at radius 1 is 1.54 bits per heavy atom. The maximum atomic E-state index is 11.5. The number of hydrogen-bond donors (Lipinski definition) is 0. The van der Waals surface area contributed by atoms with E-state index in [0.29, 0.717) is 11.6 Å². The van der Waals surface area contributed by atoms with E-state index in [4.69, 9.17) is 0 Å². The van der Waals surface area contributed by atoms with E-state index in [0.717, 1.165) is 5.01 Å². The zero-order chi connectivity index (χ0) is 10.0. The first-order valence-corrected chi connectivity index (χ1v) is 5.07. The molecule has 0 saturated heterocycles. The van der Waals surface area contributed by atoms with Crippen LogP contribution in [0.1, 0.15) is 35.3 Å². The molecule has 0 N–H and O–H groups in total. The predicted molar refractivity (Wildman–Crippen MR) is 54.2 cm³/mol. The summed E-state index contributed by atoms with van der Waals surface area (Å²) in [7, 11) is 3.47. The van der Waals surface area contributed by atoms with E-state index < -0.39 is 0 Å². The van der Waals surface area contributed by atoms with Gasteiger partial charge in [0.15, 0.2) is 0 Å². The maximum absolute atomic E-state index is 11.5. The predicted octanol–water partition coefficient (Wildman–Crippen LogP) is 1.97. The molecule has 1 heterocycles. The number of thiazole rings is 1. The van der Waals surface area contributed by atoms with Crippen molar-refractivity contribution in [3.05, 3.63) is 16.1 Å². The minimum atomic E-state index is -0.0249. The van der Waals surface area contributed by atoms with Crippen LogP contribution in [0.2, 0.25) is 0 Å². The highest BCUT2D eigenvalue weighted by molar-refractivity contribution is 7.09. The molecule has 0 aliphatic heterocycles. The molecule has 0 fully saturated rings. The first kappa shape index (κ1) is 10.2. The van der Waals surface area contributed by atoms with Crippen molar-refractivity contribution in [1.29, 1.82) is 0 Å². The minimum Gasteiger partial charge on any atom is -0.343 e. The number of carbonyl (C=O) groups excluding carboxylic acids is 1. The highest BCUT2D eigenvalue weighted by Gasteiger charge is 2.13. The number of amides is 1. The topological polar surface area (TPSA) is 33.2 Å². The van der Waals surface area contributed by atoms with Crippen molar-refractivity contribution in [3.63, 3.8) is 0 Å². The molecular formula is C9H14N2OS. The van der Waals surface area contributed by atoms with Gasteiger partial charge < -0.3 is 4.90 Å². The van der Waals surface area contributed by atoms with Crippen LogP contribution in [-0.4, -0.2) is 29.9 Å². The summed E-state index contributed by atoms with van der Waals surface area (Å²) < 4.78 is 0. The molecule has 1 aromatic rings. The Morgan fingerprint density at radius 2 is 2.15 bits per heavy atom. The smallest absolute Gasteiger partial charge is 0.272 e. The first-order valence-electron chi connectivity index (χ1n) is 4.19.